The number of hydrogen-bond acceptors (Lipinski definition) is 5. The van der Waals surface area contributed by atoms with E-state index in [1.54, 1.807) is 51.1 Å². The fourth-order valence-electron chi connectivity index (χ4n) is 3.33. The minimum absolute atomic E-state index is 0.130. The second kappa shape index (κ2) is 11.3. The second-order valence-electron chi connectivity index (χ2n) is 9.37. The van der Waals surface area contributed by atoms with E-state index in [1.807, 2.05) is 37.3 Å². The summed E-state index contributed by atoms with van der Waals surface area (Å²) in [4.78, 5) is 25.7. The molecule has 8 nitrogen and oxygen atoms in total. The molecule has 3 aromatic rings. The van der Waals surface area contributed by atoms with Gasteiger partial charge in [0.2, 0.25) is 0 Å². The molecule has 0 aliphatic heterocycles. The lowest BCUT2D eigenvalue weighted by Crippen LogP contribution is -2.47. The third kappa shape index (κ3) is 8.13. The number of carbonyl (C=O) groups is 2. The first kappa shape index (κ1) is 26.7. The van der Waals surface area contributed by atoms with Gasteiger partial charge in [0.1, 0.15) is 11.6 Å². The molecule has 0 radical (unpaired) electrons. The molecule has 0 saturated carbocycles. The molecule has 0 aliphatic rings. The lowest BCUT2D eigenvalue weighted by molar-refractivity contribution is -0.157. The van der Waals surface area contributed by atoms with E-state index in [4.69, 9.17) is 4.74 Å². The molecular formula is C27H31N3O5S. The Labute approximate surface area is 212 Å². The average Bonchev–Trinajstić information content (AvgIpc) is 2.78. The summed E-state index contributed by atoms with van der Waals surface area (Å²) < 4.78 is 33.4. The number of carbonyl (C=O) groups excluding carboxylic acids is 2. The van der Waals surface area contributed by atoms with Crippen molar-refractivity contribution in [2.24, 2.45) is 0 Å². The molecule has 0 unspecified atom stereocenters. The number of esters is 1. The van der Waals surface area contributed by atoms with Gasteiger partial charge in [-0.3, -0.25) is 4.72 Å². The molecule has 1 atom stereocenters. The predicted molar refractivity (Wildman–Crippen MR) is 140 cm³/mol. The Bertz CT molecular complexity index is 1300. The molecule has 190 valence electrons. The molecule has 3 aromatic carbocycles. The zero-order chi connectivity index (χ0) is 26.3. The summed E-state index contributed by atoms with van der Waals surface area (Å²) in [6, 6.07) is 20.5. The summed E-state index contributed by atoms with van der Waals surface area (Å²) in [5.41, 5.74) is 1.72. The van der Waals surface area contributed by atoms with Crippen molar-refractivity contribution in [1.82, 2.24) is 5.32 Å². The summed E-state index contributed by atoms with van der Waals surface area (Å²) in [5.74, 6) is -0.555. The van der Waals surface area contributed by atoms with Crippen LogP contribution in [0, 0.1) is 6.92 Å². The molecule has 36 heavy (non-hydrogen) atoms. The standard InChI is InChI=1S/C27H31N3O5S/c1-19-13-15-23(16-14-19)36(33,34)30-22-12-8-11-21(18-22)28-26(32)29-24(25(31)35-27(2,3)4)17-20-9-6-5-7-10-20/h5-16,18,24,30H,17H2,1-4H3,(H2,28,29,32)/t24-/m0/s1. The van der Waals surface area contributed by atoms with Crippen LogP contribution in [0.1, 0.15) is 31.9 Å². The van der Waals surface area contributed by atoms with Gasteiger partial charge in [-0.2, -0.15) is 0 Å². The van der Waals surface area contributed by atoms with Crippen molar-refractivity contribution in [3.8, 4) is 0 Å². The van der Waals surface area contributed by atoms with Crippen LogP contribution < -0.4 is 15.4 Å². The summed E-state index contributed by atoms with van der Waals surface area (Å²) in [7, 11) is -3.80. The van der Waals surface area contributed by atoms with Crippen LogP contribution >= 0.6 is 0 Å². The van der Waals surface area contributed by atoms with E-state index in [-0.39, 0.29) is 17.0 Å². The number of amides is 2. The van der Waals surface area contributed by atoms with Crippen molar-refractivity contribution in [3.05, 3.63) is 90.0 Å². The highest BCUT2D eigenvalue weighted by molar-refractivity contribution is 7.92. The largest absolute Gasteiger partial charge is 0.458 e. The highest BCUT2D eigenvalue weighted by Gasteiger charge is 2.27. The normalized spacial score (nSPS) is 12.3. The van der Waals surface area contributed by atoms with Gasteiger partial charge >= 0.3 is 12.0 Å². The van der Waals surface area contributed by atoms with Crippen molar-refractivity contribution in [2.75, 3.05) is 10.0 Å². The molecule has 3 N–H and O–H groups in total. The Balaban J connectivity index is 1.70. The van der Waals surface area contributed by atoms with Gasteiger partial charge in [-0.1, -0.05) is 54.1 Å². The van der Waals surface area contributed by atoms with Crippen LogP contribution in [-0.4, -0.2) is 32.1 Å². The number of rotatable bonds is 8. The van der Waals surface area contributed by atoms with Gasteiger partial charge in [0, 0.05) is 12.1 Å². The zero-order valence-electron chi connectivity index (χ0n) is 20.7. The summed E-state index contributed by atoms with van der Waals surface area (Å²) >= 11 is 0. The van der Waals surface area contributed by atoms with Crippen LogP contribution in [-0.2, 0) is 26.0 Å². The zero-order valence-corrected chi connectivity index (χ0v) is 21.6. The maximum Gasteiger partial charge on any atom is 0.329 e. The van der Waals surface area contributed by atoms with Gasteiger partial charge in [-0.05, 0) is 63.6 Å². The third-order valence-corrected chi connectivity index (χ3v) is 6.38. The van der Waals surface area contributed by atoms with E-state index in [0.717, 1.165) is 11.1 Å². The summed E-state index contributed by atoms with van der Waals surface area (Å²) in [6.45, 7) is 7.15. The number of aryl methyl sites for hydroxylation is 1. The number of benzene rings is 3. The second-order valence-corrected chi connectivity index (χ2v) is 11.1. The van der Waals surface area contributed by atoms with Crippen LogP contribution in [0.15, 0.2) is 83.8 Å². The molecule has 0 saturated heterocycles. The van der Waals surface area contributed by atoms with E-state index in [0.29, 0.717) is 5.69 Å². The van der Waals surface area contributed by atoms with Crippen LogP contribution in [0.3, 0.4) is 0 Å². The molecule has 2 amide bonds. The summed E-state index contributed by atoms with van der Waals surface area (Å²) in [5, 5.41) is 5.33. The maximum atomic E-state index is 12.8. The smallest absolute Gasteiger partial charge is 0.329 e. The van der Waals surface area contributed by atoms with Crippen molar-refractivity contribution < 1.29 is 22.7 Å². The Morgan fingerprint density at radius 2 is 1.53 bits per heavy atom. The van der Waals surface area contributed by atoms with Gasteiger partial charge < -0.3 is 15.4 Å². The molecule has 0 aromatic heterocycles. The molecular weight excluding hydrogens is 478 g/mol. The molecule has 0 spiro atoms. The number of nitrogens with one attached hydrogen (secondary N) is 3. The van der Waals surface area contributed by atoms with Crippen molar-refractivity contribution >= 4 is 33.4 Å². The quantitative estimate of drug-likeness (QED) is 0.375. The van der Waals surface area contributed by atoms with Crippen molar-refractivity contribution in [2.45, 2.75) is 50.7 Å². The van der Waals surface area contributed by atoms with Crippen LogP contribution in [0.4, 0.5) is 16.2 Å². The number of sulfonamides is 1. The van der Waals surface area contributed by atoms with Gasteiger partial charge in [-0.25, -0.2) is 18.0 Å². The van der Waals surface area contributed by atoms with Gasteiger partial charge in [0.25, 0.3) is 10.0 Å². The first-order chi connectivity index (χ1) is 16.9. The average molecular weight is 510 g/mol. The molecule has 3 rings (SSSR count). The minimum Gasteiger partial charge on any atom is -0.458 e. The highest BCUT2D eigenvalue weighted by atomic mass is 32.2. The Morgan fingerprint density at radius 3 is 2.17 bits per heavy atom. The summed E-state index contributed by atoms with van der Waals surface area (Å²) in [6.07, 6.45) is 0.250. The molecule has 0 heterocycles. The monoisotopic (exact) mass is 509 g/mol. The SMILES string of the molecule is Cc1ccc(S(=O)(=O)Nc2cccc(NC(=O)N[C@@H](Cc3ccccc3)C(=O)OC(C)(C)C)c2)cc1. The first-order valence-corrected chi connectivity index (χ1v) is 12.9. The van der Waals surface area contributed by atoms with Gasteiger partial charge in [0.05, 0.1) is 10.6 Å². The predicted octanol–water partition coefficient (Wildman–Crippen LogP) is 4.87. The van der Waals surface area contributed by atoms with Crippen LogP contribution in [0.2, 0.25) is 0 Å². The van der Waals surface area contributed by atoms with Crippen molar-refractivity contribution in [1.29, 1.82) is 0 Å². The van der Waals surface area contributed by atoms with E-state index in [9.17, 15) is 18.0 Å². The Morgan fingerprint density at radius 1 is 0.889 bits per heavy atom. The Kier molecular flexibility index (Phi) is 8.37. The van der Waals surface area contributed by atoms with Crippen LogP contribution in [0.5, 0.6) is 0 Å². The van der Waals surface area contributed by atoms with Crippen LogP contribution in [0.25, 0.3) is 0 Å². The van der Waals surface area contributed by atoms with Crippen molar-refractivity contribution in [3.63, 3.8) is 0 Å². The lowest BCUT2D eigenvalue weighted by Gasteiger charge is -2.25. The number of anilines is 2. The minimum atomic E-state index is -3.80. The van der Waals surface area contributed by atoms with E-state index < -0.39 is 33.7 Å². The van der Waals surface area contributed by atoms with E-state index >= 15 is 0 Å². The maximum absolute atomic E-state index is 12.8. The molecule has 0 bridgehead atoms. The molecule has 9 heteroatoms. The van der Waals surface area contributed by atoms with E-state index in [1.165, 1.54) is 18.2 Å². The number of ether oxygens (including phenoxy) is 1. The topological polar surface area (TPSA) is 114 Å². The highest BCUT2D eigenvalue weighted by Crippen LogP contribution is 2.20. The van der Waals surface area contributed by atoms with Gasteiger partial charge in [0.15, 0.2) is 0 Å². The fraction of sp³-hybridized carbons (Fsp3) is 0.259. The van der Waals surface area contributed by atoms with Gasteiger partial charge in [-0.15, -0.1) is 0 Å². The molecule has 0 aliphatic carbocycles. The number of hydrogen-bond donors (Lipinski definition) is 3. The first-order valence-electron chi connectivity index (χ1n) is 11.5. The molecule has 0 fully saturated rings. The third-order valence-electron chi connectivity index (χ3n) is 4.98. The number of urea groups is 1. The Hall–Kier alpha value is -3.85. The lowest BCUT2D eigenvalue weighted by atomic mass is 10.1. The fourth-order valence-corrected chi connectivity index (χ4v) is 4.38. The van der Waals surface area contributed by atoms with E-state index in [2.05, 4.69) is 15.4 Å².